The van der Waals surface area contributed by atoms with E-state index >= 15 is 0 Å². The fraction of sp³-hybridized carbons (Fsp3) is 0.263. The first-order chi connectivity index (χ1) is 11.2. The number of rotatable bonds is 2. The molecule has 1 unspecified atom stereocenters. The molecule has 2 aromatic rings. The van der Waals surface area contributed by atoms with Gasteiger partial charge < -0.3 is 4.74 Å². The van der Waals surface area contributed by atoms with Crippen LogP contribution in [0.15, 0.2) is 59.6 Å². The van der Waals surface area contributed by atoms with Gasteiger partial charge in [-0.1, -0.05) is 48.0 Å². The number of nitrogens with zero attached hydrogens (tertiary/aromatic N) is 1. The van der Waals surface area contributed by atoms with E-state index in [-0.39, 0.29) is 5.78 Å². The molecule has 1 aliphatic heterocycles. The van der Waals surface area contributed by atoms with Crippen molar-refractivity contribution in [3.8, 4) is 0 Å². The Morgan fingerprint density at radius 2 is 1.83 bits per heavy atom. The van der Waals surface area contributed by atoms with Crippen molar-refractivity contribution in [1.29, 1.82) is 0 Å². The van der Waals surface area contributed by atoms with E-state index in [1.165, 1.54) is 0 Å². The molecule has 0 saturated heterocycles. The number of aliphatic imine (C=N–C) groups is 1. The Balaban J connectivity index is 1.91. The van der Waals surface area contributed by atoms with E-state index in [1.807, 2.05) is 54.6 Å². The molecule has 116 valence electrons. The number of ether oxygens (including phenoxy) is 1. The number of carbonyl (C=O) groups excluding carboxylic acids is 1. The van der Waals surface area contributed by atoms with Crippen LogP contribution in [0.25, 0.3) is 0 Å². The summed E-state index contributed by atoms with van der Waals surface area (Å²) in [5.41, 5.74) is 0.765. The van der Waals surface area contributed by atoms with Crippen LogP contribution in [0.3, 0.4) is 0 Å². The highest BCUT2D eigenvalue weighted by molar-refractivity contribution is 6.32. The number of ketones is 1. The van der Waals surface area contributed by atoms with E-state index in [9.17, 15) is 4.79 Å². The lowest BCUT2D eigenvalue weighted by Crippen LogP contribution is -2.51. The van der Waals surface area contributed by atoms with E-state index in [0.717, 1.165) is 24.0 Å². The first kappa shape index (κ1) is 14.5. The summed E-state index contributed by atoms with van der Waals surface area (Å²) >= 11 is 6.39. The topological polar surface area (TPSA) is 38.7 Å². The molecular formula is C19H16ClNO2. The molecule has 1 saturated carbocycles. The van der Waals surface area contributed by atoms with Crippen LogP contribution in [0, 0.1) is 0 Å². The van der Waals surface area contributed by atoms with Gasteiger partial charge in [-0.3, -0.25) is 4.79 Å². The quantitative estimate of drug-likeness (QED) is 0.832. The average Bonchev–Trinajstić information content (AvgIpc) is 2.56. The molecule has 4 rings (SSSR count). The Kier molecular flexibility index (Phi) is 3.46. The summed E-state index contributed by atoms with van der Waals surface area (Å²) in [6.45, 7) is 0. The van der Waals surface area contributed by atoms with Gasteiger partial charge >= 0.3 is 0 Å². The van der Waals surface area contributed by atoms with Gasteiger partial charge in [0.25, 0.3) is 0 Å². The van der Waals surface area contributed by atoms with E-state index in [1.54, 1.807) is 0 Å². The second-order valence-electron chi connectivity index (χ2n) is 5.99. The van der Waals surface area contributed by atoms with E-state index in [4.69, 9.17) is 21.3 Å². The van der Waals surface area contributed by atoms with E-state index < -0.39 is 11.6 Å². The summed E-state index contributed by atoms with van der Waals surface area (Å²) in [5, 5.41) is 0.583. The lowest BCUT2D eigenvalue weighted by atomic mass is 9.74. The van der Waals surface area contributed by atoms with Crippen molar-refractivity contribution >= 4 is 23.3 Å². The Bertz CT molecular complexity index is 787. The molecule has 2 aromatic carbocycles. The average molecular weight is 326 g/mol. The molecule has 1 fully saturated rings. The van der Waals surface area contributed by atoms with Gasteiger partial charge in [0.2, 0.25) is 11.7 Å². The molecular weight excluding hydrogens is 310 g/mol. The van der Waals surface area contributed by atoms with Gasteiger partial charge in [0.05, 0.1) is 0 Å². The molecule has 2 atom stereocenters. The van der Waals surface area contributed by atoms with Gasteiger partial charge in [-0.2, -0.15) is 0 Å². The maximum absolute atomic E-state index is 13.0. The summed E-state index contributed by atoms with van der Waals surface area (Å²) in [5.74, 6) is 0.561. The Morgan fingerprint density at radius 3 is 2.61 bits per heavy atom. The van der Waals surface area contributed by atoms with Crippen LogP contribution in [0.5, 0.6) is 0 Å². The van der Waals surface area contributed by atoms with E-state index in [2.05, 4.69) is 0 Å². The van der Waals surface area contributed by atoms with Crippen molar-refractivity contribution in [2.45, 2.75) is 30.9 Å². The molecule has 0 aromatic heterocycles. The molecule has 0 spiro atoms. The molecule has 1 heterocycles. The Labute approximate surface area is 140 Å². The van der Waals surface area contributed by atoms with Gasteiger partial charge in [0.1, 0.15) is 0 Å². The van der Waals surface area contributed by atoms with Crippen LogP contribution in [-0.2, 0) is 15.1 Å². The van der Waals surface area contributed by atoms with Gasteiger partial charge in [0.15, 0.2) is 11.6 Å². The summed E-state index contributed by atoms with van der Waals surface area (Å²) in [4.78, 5) is 17.7. The predicted octanol–water partition coefficient (Wildman–Crippen LogP) is 4.13. The number of Topliss-reactive ketones (excluding diaryl/α,β-unsaturated/α-hetero) is 1. The van der Waals surface area contributed by atoms with Crippen LogP contribution in [-0.4, -0.2) is 17.8 Å². The molecule has 1 aliphatic carbocycles. The minimum atomic E-state index is -0.912. The van der Waals surface area contributed by atoms with Crippen LogP contribution >= 0.6 is 11.6 Å². The number of carbonyl (C=O) groups is 1. The second-order valence-corrected chi connectivity index (χ2v) is 6.39. The molecule has 23 heavy (non-hydrogen) atoms. The summed E-state index contributed by atoms with van der Waals surface area (Å²) < 4.78 is 5.90. The Hall–Kier alpha value is -2.13. The van der Waals surface area contributed by atoms with Crippen molar-refractivity contribution in [2.75, 3.05) is 0 Å². The van der Waals surface area contributed by atoms with E-state index in [0.29, 0.717) is 17.3 Å². The SMILES string of the molecule is O=C1[C@@H]2CCCC1(c1ccccc1Cl)N=C(c1ccccc1)O2. The maximum atomic E-state index is 13.0. The zero-order chi connectivity index (χ0) is 15.9. The summed E-state index contributed by atoms with van der Waals surface area (Å²) in [6, 6.07) is 17.2. The van der Waals surface area contributed by atoms with Crippen molar-refractivity contribution in [3.05, 3.63) is 70.7 Å². The van der Waals surface area contributed by atoms with Crippen LogP contribution in [0.2, 0.25) is 5.02 Å². The highest BCUT2D eigenvalue weighted by Crippen LogP contribution is 2.44. The van der Waals surface area contributed by atoms with Crippen molar-refractivity contribution < 1.29 is 9.53 Å². The van der Waals surface area contributed by atoms with Gasteiger partial charge in [-0.15, -0.1) is 0 Å². The van der Waals surface area contributed by atoms with Crippen molar-refractivity contribution in [1.82, 2.24) is 0 Å². The van der Waals surface area contributed by atoms with Crippen molar-refractivity contribution in [2.24, 2.45) is 4.99 Å². The molecule has 2 bridgehead atoms. The van der Waals surface area contributed by atoms with Crippen LogP contribution in [0.1, 0.15) is 30.4 Å². The van der Waals surface area contributed by atoms with Gasteiger partial charge in [-0.05, 0) is 37.5 Å². The minimum Gasteiger partial charge on any atom is -0.466 e. The van der Waals surface area contributed by atoms with Gasteiger partial charge in [0, 0.05) is 16.1 Å². The standard InChI is InChI=1S/C19H16ClNO2/c20-15-10-5-4-9-14(15)19-12-6-11-16(17(19)22)23-18(21-19)13-7-2-1-3-8-13/h1-5,7-10,16H,6,11-12H2/t16-,19?/m0/s1. The summed E-state index contributed by atoms with van der Waals surface area (Å²) in [7, 11) is 0. The number of benzene rings is 2. The molecule has 4 heteroatoms. The van der Waals surface area contributed by atoms with Crippen LogP contribution in [0.4, 0.5) is 0 Å². The first-order valence-corrected chi connectivity index (χ1v) is 8.20. The third-order valence-corrected chi connectivity index (χ3v) is 4.92. The third kappa shape index (κ3) is 2.27. The first-order valence-electron chi connectivity index (χ1n) is 7.82. The van der Waals surface area contributed by atoms with Crippen molar-refractivity contribution in [3.63, 3.8) is 0 Å². The fourth-order valence-electron chi connectivity index (χ4n) is 3.46. The maximum Gasteiger partial charge on any atom is 0.218 e. The zero-order valence-corrected chi connectivity index (χ0v) is 13.3. The zero-order valence-electron chi connectivity index (χ0n) is 12.5. The number of halogens is 1. The monoisotopic (exact) mass is 325 g/mol. The summed E-state index contributed by atoms with van der Waals surface area (Å²) in [6.07, 6.45) is 1.86. The largest absolute Gasteiger partial charge is 0.466 e. The number of fused-ring (bicyclic) bond motifs is 2. The molecule has 3 nitrogen and oxygen atoms in total. The number of hydrogen-bond donors (Lipinski definition) is 0. The Morgan fingerprint density at radius 1 is 1.09 bits per heavy atom. The highest BCUT2D eigenvalue weighted by Gasteiger charge is 2.51. The predicted molar refractivity (Wildman–Crippen MR) is 89.8 cm³/mol. The number of hydrogen-bond acceptors (Lipinski definition) is 3. The fourth-order valence-corrected chi connectivity index (χ4v) is 3.75. The molecule has 2 aliphatic rings. The van der Waals surface area contributed by atoms with Gasteiger partial charge in [-0.25, -0.2) is 4.99 Å². The third-order valence-electron chi connectivity index (χ3n) is 4.59. The smallest absolute Gasteiger partial charge is 0.218 e. The minimum absolute atomic E-state index is 0.0246. The molecule has 0 radical (unpaired) electrons. The highest BCUT2D eigenvalue weighted by atomic mass is 35.5. The lowest BCUT2D eigenvalue weighted by Gasteiger charge is -2.41. The molecule has 0 N–H and O–H groups in total. The van der Waals surface area contributed by atoms with Crippen LogP contribution < -0.4 is 0 Å². The normalized spacial score (nSPS) is 26.4. The molecule has 0 amide bonds. The second kappa shape index (κ2) is 5.50. The lowest BCUT2D eigenvalue weighted by molar-refractivity contribution is -0.137.